The second-order valence-electron chi connectivity index (χ2n) is 9.15. The zero-order valence-corrected chi connectivity index (χ0v) is 19.2. The van der Waals surface area contributed by atoms with Crippen LogP contribution in [0.5, 0.6) is 0 Å². The minimum atomic E-state index is -0.197. The smallest absolute Gasteiger partial charge is 0.233 e. The average molecular weight is 415 g/mol. The molecule has 0 unspecified atom stereocenters. The van der Waals surface area contributed by atoms with Gasteiger partial charge in [0.15, 0.2) is 11.0 Å². The first-order valence-corrected chi connectivity index (χ1v) is 11.6. The molecule has 158 valence electrons. The largest absolute Gasteiger partial charge is 0.352 e. The number of nitrogens with zero attached hydrogens (tertiary/aromatic N) is 3. The molecule has 1 heterocycles. The van der Waals surface area contributed by atoms with E-state index in [-0.39, 0.29) is 16.6 Å². The third-order valence-corrected chi connectivity index (χ3v) is 6.83. The molecule has 0 saturated heterocycles. The molecule has 29 heavy (non-hydrogen) atoms. The van der Waals surface area contributed by atoms with Crippen molar-refractivity contribution in [2.24, 2.45) is 7.05 Å². The molecule has 1 saturated carbocycles. The molecule has 1 fully saturated rings. The highest BCUT2D eigenvalue weighted by Crippen LogP contribution is 2.28. The van der Waals surface area contributed by atoms with E-state index in [0.29, 0.717) is 6.04 Å². The van der Waals surface area contributed by atoms with Crippen molar-refractivity contribution in [3.05, 3.63) is 29.8 Å². The second kappa shape index (κ2) is 9.33. The van der Waals surface area contributed by atoms with Crippen LogP contribution in [0.4, 0.5) is 0 Å². The fourth-order valence-corrected chi connectivity index (χ4v) is 4.57. The van der Waals surface area contributed by atoms with Crippen LogP contribution in [0.1, 0.15) is 71.8 Å². The molecule has 0 bridgehead atoms. The molecule has 1 N–H and O–H groups in total. The molecule has 1 amide bonds. The maximum atomic E-state index is 12.7. The van der Waals surface area contributed by atoms with E-state index in [0.717, 1.165) is 29.4 Å². The summed E-state index contributed by atoms with van der Waals surface area (Å²) in [7, 11) is 1.96. The zero-order valence-electron chi connectivity index (χ0n) is 18.4. The van der Waals surface area contributed by atoms with E-state index in [1.165, 1.54) is 43.0 Å². The summed E-state index contributed by atoms with van der Waals surface area (Å²) in [5.41, 5.74) is 2.46. The first-order chi connectivity index (χ1) is 13.8. The van der Waals surface area contributed by atoms with Gasteiger partial charge >= 0.3 is 0 Å². The Labute approximate surface area is 179 Å². The number of hydrogen-bond donors (Lipinski definition) is 1. The molecular formula is C23H34N4OS. The molecule has 6 heteroatoms. The van der Waals surface area contributed by atoms with Gasteiger partial charge in [0.1, 0.15) is 0 Å². The standard InChI is InChI=1S/C23H34N4OS/c1-16(21(28)24-19-10-8-6-7-9-11-19)29-22-26-25-20(27(22)5)17-12-14-18(15-13-17)23(2,3)4/h12-16,19H,6-11H2,1-5H3,(H,24,28)/t16-/m1/s1. The van der Waals surface area contributed by atoms with Crippen molar-refractivity contribution in [2.45, 2.75) is 88.1 Å². The van der Waals surface area contributed by atoms with Gasteiger partial charge in [-0.15, -0.1) is 10.2 Å². The predicted octanol–water partition coefficient (Wildman–Crippen LogP) is 5.10. The number of thioether (sulfide) groups is 1. The lowest BCUT2D eigenvalue weighted by atomic mass is 9.87. The quantitative estimate of drug-likeness (QED) is 0.546. The Kier molecular flexibility index (Phi) is 7.04. The van der Waals surface area contributed by atoms with Crippen molar-refractivity contribution in [1.82, 2.24) is 20.1 Å². The Morgan fingerprint density at radius 2 is 1.72 bits per heavy atom. The van der Waals surface area contributed by atoms with Crippen LogP contribution in [-0.4, -0.2) is 32.0 Å². The number of rotatable bonds is 5. The van der Waals surface area contributed by atoms with E-state index in [4.69, 9.17) is 0 Å². The molecule has 1 atom stereocenters. The molecule has 3 rings (SSSR count). The van der Waals surface area contributed by atoms with Crippen LogP contribution in [0, 0.1) is 0 Å². The molecule has 0 radical (unpaired) electrons. The van der Waals surface area contributed by atoms with Crippen LogP contribution >= 0.6 is 11.8 Å². The lowest BCUT2D eigenvalue weighted by Crippen LogP contribution is -2.39. The Hall–Kier alpha value is -1.82. The summed E-state index contributed by atoms with van der Waals surface area (Å²) in [5.74, 6) is 0.922. The molecule has 5 nitrogen and oxygen atoms in total. The highest BCUT2D eigenvalue weighted by molar-refractivity contribution is 8.00. The molecule has 1 aliphatic carbocycles. The van der Waals surface area contributed by atoms with Gasteiger partial charge in [-0.2, -0.15) is 0 Å². The maximum absolute atomic E-state index is 12.7. The summed E-state index contributed by atoms with van der Waals surface area (Å²) < 4.78 is 1.98. The van der Waals surface area contributed by atoms with Crippen molar-refractivity contribution in [2.75, 3.05) is 0 Å². The summed E-state index contributed by atoms with van der Waals surface area (Å²) in [6, 6.07) is 8.83. The van der Waals surface area contributed by atoms with Gasteiger partial charge in [-0.25, -0.2) is 0 Å². The highest BCUT2D eigenvalue weighted by atomic mass is 32.2. The average Bonchev–Trinajstić information content (AvgIpc) is 2.87. The highest BCUT2D eigenvalue weighted by Gasteiger charge is 2.22. The summed E-state index contributed by atoms with van der Waals surface area (Å²) in [6.45, 7) is 8.57. The van der Waals surface area contributed by atoms with Gasteiger partial charge in [0.25, 0.3) is 0 Å². The molecule has 1 aromatic carbocycles. The predicted molar refractivity (Wildman–Crippen MR) is 120 cm³/mol. The van der Waals surface area contributed by atoms with Gasteiger partial charge in [0.2, 0.25) is 5.91 Å². The maximum Gasteiger partial charge on any atom is 0.233 e. The Balaban J connectivity index is 1.65. The van der Waals surface area contributed by atoms with E-state index in [1.807, 2.05) is 18.5 Å². The van der Waals surface area contributed by atoms with Crippen LogP contribution in [0.15, 0.2) is 29.4 Å². The number of carbonyl (C=O) groups excluding carboxylic acids is 1. The fraction of sp³-hybridized carbons (Fsp3) is 0.609. The first kappa shape index (κ1) is 21.9. The van der Waals surface area contributed by atoms with Crippen LogP contribution in [-0.2, 0) is 17.3 Å². The van der Waals surface area contributed by atoms with Gasteiger partial charge < -0.3 is 9.88 Å². The fourth-order valence-electron chi connectivity index (χ4n) is 3.74. The first-order valence-electron chi connectivity index (χ1n) is 10.7. The van der Waals surface area contributed by atoms with E-state index < -0.39 is 0 Å². The number of aromatic nitrogens is 3. The minimum absolute atomic E-state index is 0.0981. The van der Waals surface area contributed by atoms with Crippen molar-refractivity contribution in [1.29, 1.82) is 0 Å². The Morgan fingerprint density at radius 3 is 2.31 bits per heavy atom. The minimum Gasteiger partial charge on any atom is -0.352 e. The van der Waals surface area contributed by atoms with Crippen molar-refractivity contribution in [3.8, 4) is 11.4 Å². The van der Waals surface area contributed by atoms with E-state index in [9.17, 15) is 4.79 Å². The van der Waals surface area contributed by atoms with Crippen LogP contribution in [0.2, 0.25) is 0 Å². The molecular weight excluding hydrogens is 380 g/mol. The molecule has 1 aliphatic rings. The second-order valence-corrected chi connectivity index (χ2v) is 10.5. The lowest BCUT2D eigenvalue weighted by Gasteiger charge is -2.19. The van der Waals surface area contributed by atoms with Crippen molar-refractivity contribution >= 4 is 17.7 Å². The van der Waals surface area contributed by atoms with E-state index >= 15 is 0 Å². The van der Waals surface area contributed by atoms with Crippen molar-refractivity contribution < 1.29 is 4.79 Å². The topological polar surface area (TPSA) is 59.8 Å². The van der Waals surface area contributed by atoms with Gasteiger partial charge in [-0.1, -0.05) is 82.5 Å². The van der Waals surface area contributed by atoms with Gasteiger partial charge in [-0.3, -0.25) is 4.79 Å². The Morgan fingerprint density at radius 1 is 1.10 bits per heavy atom. The third-order valence-electron chi connectivity index (χ3n) is 5.70. The number of benzene rings is 1. The molecule has 2 aromatic rings. The summed E-state index contributed by atoms with van der Waals surface area (Å²) in [6.07, 6.45) is 7.20. The van der Waals surface area contributed by atoms with Gasteiger partial charge in [0, 0.05) is 18.7 Å². The van der Waals surface area contributed by atoms with Crippen LogP contribution < -0.4 is 5.32 Å². The zero-order chi connectivity index (χ0) is 21.0. The van der Waals surface area contributed by atoms with Crippen LogP contribution in [0.3, 0.4) is 0 Å². The summed E-state index contributed by atoms with van der Waals surface area (Å²) >= 11 is 1.47. The van der Waals surface area contributed by atoms with Crippen molar-refractivity contribution in [3.63, 3.8) is 0 Å². The van der Waals surface area contributed by atoms with E-state index in [1.54, 1.807) is 0 Å². The molecule has 0 aliphatic heterocycles. The number of hydrogen-bond acceptors (Lipinski definition) is 4. The molecule has 0 spiro atoms. The summed E-state index contributed by atoms with van der Waals surface area (Å²) in [5, 5.41) is 12.5. The number of amides is 1. The lowest BCUT2D eigenvalue weighted by molar-refractivity contribution is -0.121. The van der Waals surface area contributed by atoms with E-state index in [2.05, 4.69) is 60.6 Å². The van der Waals surface area contributed by atoms with Crippen LogP contribution in [0.25, 0.3) is 11.4 Å². The SMILES string of the molecule is C[C@@H](Sc1nnc(-c2ccc(C(C)(C)C)cc2)n1C)C(=O)NC1CCCCCC1. The summed E-state index contributed by atoms with van der Waals surface area (Å²) in [4.78, 5) is 12.7. The van der Waals surface area contributed by atoms with Gasteiger partial charge in [0.05, 0.1) is 5.25 Å². The monoisotopic (exact) mass is 414 g/mol. The number of nitrogens with one attached hydrogen (secondary N) is 1. The van der Waals surface area contributed by atoms with Gasteiger partial charge in [-0.05, 0) is 30.7 Å². The number of carbonyl (C=O) groups is 1. The Bertz CT molecular complexity index is 814. The third kappa shape index (κ3) is 5.62. The normalized spacial score (nSPS) is 17.0. The molecule has 1 aromatic heterocycles.